The second-order valence-electron chi connectivity index (χ2n) is 22.9. The van der Waals surface area contributed by atoms with Crippen molar-refractivity contribution in [2.75, 3.05) is 117 Å². The molecule has 4 aromatic rings. The number of carbonyl (C=O) groups excluding carboxylic acids is 7. The Morgan fingerprint density at radius 3 is 2.02 bits per heavy atom. The molecular formula is C62H89N15O14. The fraction of sp³-hybridized carbons (Fsp3) is 0.500. The normalized spacial score (nSPS) is 20.5. The Balaban J connectivity index is 1.08. The molecule has 0 aliphatic carbocycles. The lowest BCUT2D eigenvalue weighted by Crippen LogP contribution is -2.58. The van der Waals surface area contributed by atoms with Crippen LogP contribution in [0.1, 0.15) is 60.5 Å². The molecule has 7 amide bonds. The van der Waals surface area contributed by atoms with E-state index in [1.807, 2.05) is 52.3 Å². The molecule has 6 atom stereocenters. The van der Waals surface area contributed by atoms with Gasteiger partial charge in [-0.15, -0.1) is 0 Å². The van der Waals surface area contributed by atoms with Gasteiger partial charge in [-0.05, 0) is 97.3 Å². The predicted octanol–water partition coefficient (Wildman–Crippen LogP) is -1.62. The van der Waals surface area contributed by atoms with Gasteiger partial charge in [0.25, 0.3) is 5.91 Å². The largest absolute Gasteiger partial charge is 0.508 e. The first kappa shape index (κ1) is 71.7. The van der Waals surface area contributed by atoms with Crippen molar-refractivity contribution in [1.29, 1.82) is 0 Å². The number of fused-ring (bicyclic) bond motifs is 1. The highest BCUT2D eigenvalue weighted by Crippen LogP contribution is 2.20. The predicted molar refractivity (Wildman–Crippen MR) is 339 cm³/mol. The molecular weight excluding hydrogens is 1180 g/mol. The number of carbonyl (C=O) groups is 8. The van der Waals surface area contributed by atoms with E-state index in [9.17, 15) is 64.0 Å². The maximum atomic E-state index is 14.7. The first-order chi connectivity index (χ1) is 43.6. The number of nitrogens with two attached hydrogens (primary N) is 2. The summed E-state index contributed by atoms with van der Waals surface area (Å²) in [7, 11) is 1.40. The van der Waals surface area contributed by atoms with E-state index >= 15 is 0 Å². The summed E-state index contributed by atoms with van der Waals surface area (Å²) in [4.78, 5) is 126. The van der Waals surface area contributed by atoms with Crippen molar-refractivity contribution in [2.24, 2.45) is 16.5 Å². The molecule has 2 fully saturated rings. The number of guanidine groups is 1. The minimum absolute atomic E-state index is 0.00591. The Labute approximate surface area is 528 Å². The summed E-state index contributed by atoms with van der Waals surface area (Å²) in [5.41, 5.74) is 13.1. The number of rotatable bonds is 25. The van der Waals surface area contributed by atoms with Gasteiger partial charge in [0.2, 0.25) is 35.4 Å². The molecule has 91 heavy (non-hydrogen) atoms. The number of phenolic OH excluding ortho intramolecular Hbond substituents is 1. The van der Waals surface area contributed by atoms with E-state index in [-0.39, 0.29) is 108 Å². The number of carboxylic acids is 1. The van der Waals surface area contributed by atoms with Crippen LogP contribution >= 0.6 is 0 Å². The van der Waals surface area contributed by atoms with Gasteiger partial charge in [-0.3, -0.25) is 73.5 Å². The molecule has 0 spiro atoms. The summed E-state index contributed by atoms with van der Waals surface area (Å²) in [6.07, 6.45) is -1.78. The number of hydrogen-bond donors (Lipinski definition) is 14. The number of benzene rings is 4. The third kappa shape index (κ3) is 25.1. The van der Waals surface area contributed by atoms with Gasteiger partial charge in [0.05, 0.1) is 31.8 Å². The summed E-state index contributed by atoms with van der Waals surface area (Å²) in [5, 5.41) is 72.1. The van der Waals surface area contributed by atoms with Crippen LogP contribution in [-0.2, 0) is 51.3 Å². The highest BCUT2D eigenvalue weighted by molar-refractivity contribution is 5.97. The zero-order valence-corrected chi connectivity index (χ0v) is 51.6. The van der Waals surface area contributed by atoms with Crippen molar-refractivity contribution in [3.05, 3.63) is 108 Å². The maximum absolute atomic E-state index is 14.7. The Kier molecular flexibility index (Phi) is 29.2. The molecule has 16 N–H and O–H groups in total. The van der Waals surface area contributed by atoms with Crippen LogP contribution in [-0.4, -0.2) is 252 Å². The summed E-state index contributed by atoms with van der Waals surface area (Å²) in [6, 6.07) is 20.8. The molecule has 2 saturated heterocycles. The summed E-state index contributed by atoms with van der Waals surface area (Å²) < 4.78 is 0. The summed E-state index contributed by atoms with van der Waals surface area (Å²) in [5.74, 6) is -5.11. The monoisotopic (exact) mass is 1270 g/mol. The van der Waals surface area contributed by atoms with Crippen molar-refractivity contribution in [3.8, 4) is 5.75 Å². The standard InChI is InChI=1S/C62H89N15O14/c1-41(78)37-74-25-27-75(29-31-77(40-91-90)32-30-76(28-26-74)39-56(83)84)38-55(82)65-24-21-53(80)69-47-17-15-45(16-18-47)57(85)66-22-6-10-52-60(88)71-49(9-5-23-67-62(63)64)59(87)72-50(35-43-11-14-44-7-3-4-8-46(44)33-43)58(86)68-36-54(81)70-51(61(89)73(52)2)34-42-12-19-48(79)20-13-42/h3-4,7-8,11-20,33,41,49-52,58,68,78-79,86,90H,5-6,9-10,21-32,34-40H2,1-2H3,(H,65,82)(H,66,85)(H,69,80)(H,70,81)(H,71,88)(H,72,87)(H,83,84)(H4,63,64,67)/t41?,49-,50-,51+,52+,58?/m0/s1. The van der Waals surface area contributed by atoms with Crippen molar-refractivity contribution in [2.45, 2.75) is 88.4 Å². The topological polar surface area (TPSA) is 412 Å². The number of nitrogens with one attached hydrogen (secondary N) is 7. The van der Waals surface area contributed by atoms with Crippen molar-refractivity contribution >= 4 is 69.7 Å². The molecule has 4 aromatic carbocycles. The molecule has 496 valence electrons. The fourth-order valence-electron chi connectivity index (χ4n) is 10.7. The molecule has 6 rings (SSSR count). The van der Waals surface area contributed by atoms with E-state index in [2.05, 4.69) is 47.1 Å². The van der Waals surface area contributed by atoms with Crippen molar-refractivity contribution in [1.82, 2.24) is 56.4 Å². The number of hydrogen-bond acceptors (Lipinski definition) is 19. The Morgan fingerprint density at radius 2 is 1.36 bits per heavy atom. The highest BCUT2D eigenvalue weighted by Gasteiger charge is 2.36. The SMILES string of the molecule is CC(O)CN1CCN(CC(=O)O)CCN(COO)CCN(CC(=O)NCCC(=O)Nc2ccc(C(=O)NCCC[C@@H]3C(=O)N[C@@H](CCCN=C(N)N)C(=O)N[C@@H](Cc4ccc5ccccc5c4)C(O)NCC(=O)N[C@H](Cc4ccc(O)cc4)C(=O)N3C)cc2)CC1. The number of likely N-dealkylation sites (N-methyl/N-ethyl adjacent to an activating group) is 1. The van der Waals surface area contributed by atoms with Gasteiger partial charge in [-0.1, -0.05) is 54.6 Å². The van der Waals surface area contributed by atoms with E-state index in [0.29, 0.717) is 70.2 Å². The van der Waals surface area contributed by atoms with Crippen LogP contribution < -0.4 is 48.7 Å². The Bertz CT molecular complexity index is 3060. The Hall–Kier alpha value is -8.39. The van der Waals surface area contributed by atoms with Crippen LogP contribution in [0.4, 0.5) is 5.69 Å². The average molecular weight is 1270 g/mol. The number of aromatic hydroxyl groups is 1. The zero-order chi connectivity index (χ0) is 65.8. The maximum Gasteiger partial charge on any atom is 0.317 e. The number of aliphatic carboxylic acids is 1. The third-order valence-corrected chi connectivity index (χ3v) is 15.6. The second-order valence-corrected chi connectivity index (χ2v) is 22.9. The first-order valence-corrected chi connectivity index (χ1v) is 30.5. The molecule has 2 unspecified atom stereocenters. The second kappa shape index (κ2) is 37.1. The van der Waals surface area contributed by atoms with Crippen LogP contribution in [0.15, 0.2) is 96.0 Å². The number of aliphatic imine (C=N–C) groups is 1. The van der Waals surface area contributed by atoms with E-state index < -0.39 is 84.5 Å². The number of nitrogens with zero attached hydrogens (tertiary/aromatic N) is 6. The van der Waals surface area contributed by atoms with Crippen LogP contribution in [0.5, 0.6) is 5.75 Å². The third-order valence-electron chi connectivity index (χ3n) is 15.6. The van der Waals surface area contributed by atoms with Crippen LogP contribution in [0.3, 0.4) is 0 Å². The number of carboxylic acid groups (broad SMARTS) is 1. The van der Waals surface area contributed by atoms with Crippen molar-refractivity contribution in [3.63, 3.8) is 0 Å². The van der Waals surface area contributed by atoms with Gasteiger partial charge < -0.3 is 68.7 Å². The van der Waals surface area contributed by atoms with Gasteiger partial charge in [-0.25, -0.2) is 4.89 Å². The van der Waals surface area contributed by atoms with Crippen LogP contribution in [0, 0.1) is 0 Å². The number of anilines is 1. The summed E-state index contributed by atoms with van der Waals surface area (Å²) >= 11 is 0. The van der Waals surface area contributed by atoms with Crippen LogP contribution in [0.25, 0.3) is 10.8 Å². The lowest BCUT2D eigenvalue weighted by atomic mass is 10.00. The van der Waals surface area contributed by atoms with E-state index in [0.717, 1.165) is 16.3 Å². The van der Waals surface area contributed by atoms with E-state index in [1.165, 1.54) is 36.2 Å². The van der Waals surface area contributed by atoms with Gasteiger partial charge >= 0.3 is 5.97 Å². The quantitative estimate of drug-likeness (QED) is 0.0117. The van der Waals surface area contributed by atoms with Gasteiger partial charge in [0.1, 0.15) is 36.8 Å². The minimum atomic E-state index is -1.50. The summed E-state index contributed by atoms with van der Waals surface area (Å²) in [6.45, 7) is 4.78. The molecule has 29 nitrogen and oxygen atoms in total. The number of β-amino-alcohol motifs (C(OH)–C–C–N with tert-alkyl or cyclic N) is 1. The molecule has 0 radical (unpaired) electrons. The molecule has 2 heterocycles. The van der Waals surface area contributed by atoms with Gasteiger partial charge in [0.15, 0.2) is 5.96 Å². The zero-order valence-electron chi connectivity index (χ0n) is 51.6. The minimum Gasteiger partial charge on any atom is -0.508 e. The lowest BCUT2D eigenvalue weighted by Gasteiger charge is -2.33. The highest BCUT2D eigenvalue weighted by atomic mass is 17.1. The van der Waals surface area contributed by atoms with Crippen LogP contribution in [0.2, 0.25) is 0 Å². The molecule has 0 saturated carbocycles. The number of aliphatic hydroxyl groups excluding tert-OH is 2. The number of aliphatic hydroxyl groups is 2. The van der Waals surface area contributed by atoms with Gasteiger partial charge in [0, 0.05) is 110 Å². The molecule has 0 aromatic heterocycles. The van der Waals surface area contributed by atoms with E-state index in [1.54, 1.807) is 41.0 Å². The molecule has 2 aliphatic rings. The smallest absolute Gasteiger partial charge is 0.317 e. The molecule has 2 aliphatic heterocycles. The number of phenols is 1. The fourth-order valence-corrected chi connectivity index (χ4v) is 10.7. The van der Waals surface area contributed by atoms with Gasteiger partial charge in [-0.2, -0.15) is 0 Å². The van der Waals surface area contributed by atoms with E-state index in [4.69, 9.17) is 11.5 Å². The molecule has 0 bridgehead atoms. The lowest BCUT2D eigenvalue weighted by molar-refractivity contribution is -0.269. The first-order valence-electron chi connectivity index (χ1n) is 30.5. The number of amides is 7. The average Bonchev–Trinajstić information content (AvgIpc) is 1.84. The van der Waals surface area contributed by atoms with Crippen molar-refractivity contribution < 1.29 is 68.9 Å². The Morgan fingerprint density at radius 1 is 0.714 bits per heavy atom. The molecule has 29 heteroatoms.